The molecule has 0 heterocycles. The number of benzene rings is 2. The Morgan fingerprint density at radius 2 is 1.55 bits per heavy atom. The molecular weight excluding hydrogens is 280 g/mol. The van der Waals surface area contributed by atoms with Gasteiger partial charge in [0.1, 0.15) is 11.5 Å². The van der Waals surface area contributed by atoms with Gasteiger partial charge in [0.05, 0.1) is 26.9 Å². The third kappa shape index (κ3) is 4.63. The zero-order chi connectivity index (χ0) is 15.8. The standard InChI is InChI=1S/C17H18N2O3/c1-21-15-7-3-13(4-8-15)11-17(20)19-18-12-14-5-9-16(22-2)10-6-14/h3-10,12H,11H2,1-2H3,(H,19,20)/b18-12+. The van der Waals surface area contributed by atoms with Crippen LogP contribution in [0.2, 0.25) is 0 Å². The molecule has 0 unspecified atom stereocenters. The summed E-state index contributed by atoms with van der Waals surface area (Å²) in [5.41, 5.74) is 4.29. The lowest BCUT2D eigenvalue weighted by atomic mass is 10.1. The zero-order valence-electron chi connectivity index (χ0n) is 12.6. The summed E-state index contributed by atoms with van der Waals surface area (Å²) < 4.78 is 10.1. The maximum Gasteiger partial charge on any atom is 0.244 e. The first-order valence-corrected chi connectivity index (χ1v) is 6.80. The van der Waals surface area contributed by atoms with Crippen LogP contribution in [0.3, 0.4) is 0 Å². The van der Waals surface area contributed by atoms with Gasteiger partial charge in [-0.2, -0.15) is 5.10 Å². The number of ether oxygens (including phenoxy) is 2. The van der Waals surface area contributed by atoms with Crippen molar-refractivity contribution < 1.29 is 14.3 Å². The topological polar surface area (TPSA) is 59.9 Å². The average Bonchev–Trinajstić information content (AvgIpc) is 2.56. The number of hydrazone groups is 1. The Labute approximate surface area is 129 Å². The number of methoxy groups -OCH3 is 2. The van der Waals surface area contributed by atoms with Crippen LogP contribution in [-0.2, 0) is 11.2 Å². The van der Waals surface area contributed by atoms with Gasteiger partial charge in [0.2, 0.25) is 5.91 Å². The normalized spacial score (nSPS) is 10.5. The first-order chi connectivity index (χ1) is 10.7. The van der Waals surface area contributed by atoms with Gasteiger partial charge in [-0.1, -0.05) is 12.1 Å². The highest BCUT2D eigenvalue weighted by atomic mass is 16.5. The van der Waals surface area contributed by atoms with E-state index in [0.29, 0.717) is 0 Å². The highest BCUT2D eigenvalue weighted by Crippen LogP contribution is 2.11. The molecule has 0 atom stereocenters. The lowest BCUT2D eigenvalue weighted by Gasteiger charge is -2.03. The van der Waals surface area contributed by atoms with E-state index in [9.17, 15) is 4.79 Å². The second kappa shape index (κ2) is 7.83. The van der Waals surface area contributed by atoms with Crippen molar-refractivity contribution in [2.45, 2.75) is 6.42 Å². The quantitative estimate of drug-likeness (QED) is 0.658. The highest BCUT2D eigenvalue weighted by Gasteiger charge is 2.02. The number of nitrogens with zero attached hydrogens (tertiary/aromatic N) is 1. The van der Waals surface area contributed by atoms with Crippen molar-refractivity contribution in [1.82, 2.24) is 5.43 Å². The molecule has 0 aliphatic rings. The molecule has 2 aromatic carbocycles. The van der Waals surface area contributed by atoms with E-state index >= 15 is 0 Å². The smallest absolute Gasteiger partial charge is 0.244 e. The van der Waals surface area contributed by atoms with Crippen molar-refractivity contribution in [3.05, 3.63) is 59.7 Å². The molecule has 0 radical (unpaired) electrons. The van der Waals surface area contributed by atoms with E-state index < -0.39 is 0 Å². The molecule has 0 bridgehead atoms. The molecule has 0 fully saturated rings. The first kappa shape index (κ1) is 15.6. The average molecular weight is 298 g/mol. The lowest BCUT2D eigenvalue weighted by molar-refractivity contribution is -0.120. The summed E-state index contributed by atoms with van der Waals surface area (Å²) in [6, 6.07) is 14.7. The summed E-state index contributed by atoms with van der Waals surface area (Å²) in [5, 5.41) is 3.94. The first-order valence-electron chi connectivity index (χ1n) is 6.80. The summed E-state index contributed by atoms with van der Waals surface area (Å²) in [6.45, 7) is 0. The van der Waals surface area contributed by atoms with Crippen molar-refractivity contribution in [3.8, 4) is 11.5 Å². The van der Waals surface area contributed by atoms with Gasteiger partial charge in [-0.05, 0) is 47.5 Å². The van der Waals surface area contributed by atoms with E-state index in [1.165, 1.54) is 0 Å². The fourth-order valence-corrected chi connectivity index (χ4v) is 1.84. The molecule has 1 amide bonds. The van der Waals surface area contributed by atoms with Gasteiger partial charge in [-0.15, -0.1) is 0 Å². The zero-order valence-corrected chi connectivity index (χ0v) is 12.6. The molecule has 0 saturated heterocycles. The summed E-state index contributed by atoms with van der Waals surface area (Å²) in [6.07, 6.45) is 1.86. The van der Waals surface area contributed by atoms with E-state index in [1.807, 2.05) is 48.5 Å². The van der Waals surface area contributed by atoms with Gasteiger partial charge < -0.3 is 9.47 Å². The van der Waals surface area contributed by atoms with Gasteiger partial charge in [0.15, 0.2) is 0 Å². The van der Waals surface area contributed by atoms with Crippen LogP contribution < -0.4 is 14.9 Å². The molecule has 5 heteroatoms. The van der Waals surface area contributed by atoms with Gasteiger partial charge in [-0.25, -0.2) is 5.43 Å². The maximum absolute atomic E-state index is 11.8. The summed E-state index contributed by atoms with van der Waals surface area (Å²) in [4.78, 5) is 11.8. The third-order valence-electron chi connectivity index (χ3n) is 3.04. The van der Waals surface area contributed by atoms with Crippen LogP contribution in [0.1, 0.15) is 11.1 Å². The molecule has 22 heavy (non-hydrogen) atoms. The lowest BCUT2D eigenvalue weighted by Crippen LogP contribution is -2.19. The minimum atomic E-state index is -0.171. The monoisotopic (exact) mass is 298 g/mol. The van der Waals surface area contributed by atoms with E-state index in [4.69, 9.17) is 9.47 Å². The van der Waals surface area contributed by atoms with E-state index in [-0.39, 0.29) is 12.3 Å². The number of nitrogens with one attached hydrogen (secondary N) is 1. The molecule has 0 aliphatic heterocycles. The van der Waals surface area contributed by atoms with Crippen molar-refractivity contribution in [1.29, 1.82) is 0 Å². The molecule has 2 aromatic rings. The molecule has 0 spiro atoms. The number of amides is 1. The largest absolute Gasteiger partial charge is 0.497 e. The van der Waals surface area contributed by atoms with Gasteiger partial charge in [-0.3, -0.25) is 4.79 Å². The van der Waals surface area contributed by atoms with Crippen molar-refractivity contribution in [2.24, 2.45) is 5.10 Å². The number of hydrogen-bond acceptors (Lipinski definition) is 4. The van der Waals surface area contributed by atoms with Gasteiger partial charge >= 0.3 is 0 Å². The Morgan fingerprint density at radius 1 is 1.00 bits per heavy atom. The second-order valence-corrected chi connectivity index (χ2v) is 4.59. The van der Waals surface area contributed by atoms with Crippen LogP contribution >= 0.6 is 0 Å². The predicted molar refractivity (Wildman–Crippen MR) is 85.4 cm³/mol. The second-order valence-electron chi connectivity index (χ2n) is 4.59. The Morgan fingerprint density at radius 3 is 2.09 bits per heavy atom. The third-order valence-corrected chi connectivity index (χ3v) is 3.04. The molecule has 0 saturated carbocycles. The molecule has 114 valence electrons. The molecule has 1 N–H and O–H groups in total. The molecule has 2 rings (SSSR count). The number of hydrogen-bond donors (Lipinski definition) is 1. The fraction of sp³-hybridized carbons (Fsp3) is 0.176. The van der Waals surface area contributed by atoms with Crippen molar-refractivity contribution in [2.75, 3.05) is 14.2 Å². The minimum Gasteiger partial charge on any atom is -0.497 e. The number of carbonyl (C=O) groups is 1. The van der Waals surface area contributed by atoms with Crippen molar-refractivity contribution >= 4 is 12.1 Å². The predicted octanol–water partition coefficient (Wildman–Crippen LogP) is 2.40. The number of rotatable bonds is 6. The Bertz CT molecular complexity index is 634. The Hall–Kier alpha value is -2.82. The van der Waals surface area contributed by atoms with Crippen LogP contribution in [0.5, 0.6) is 11.5 Å². The van der Waals surface area contributed by atoms with Crippen LogP contribution in [0.25, 0.3) is 0 Å². The van der Waals surface area contributed by atoms with E-state index in [2.05, 4.69) is 10.5 Å². The Balaban J connectivity index is 1.84. The van der Waals surface area contributed by atoms with Crippen LogP contribution in [0, 0.1) is 0 Å². The van der Waals surface area contributed by atoms with Gasteiger partial charge in [0, 0.05) is 0 Å². The minimum absolute atomic E-state index is 0.171. The molecular formula is C17H18N2O3. The molecule has 5 nitrogen and oxygen atoms in total. The summed E-state index contributed by atoms with van der Waals surface area (Å²) in [5.74, 6) is 1.37. The SMILES string of the molecule is COc1ccc(/C=N/NC(=O)Cc2ccc(OC)cc2)cc1. The van der Waals surface area contributed by atoms with Crippen LogP contribution in [0.4, 0.5) is 0 Å². The highest BCUT2D eigenvalue weighted by molar-refractivity contribution is 5.83. The van der Waals surface area contributed by atoms with Crippen LogP contribution in [0.15, 0.2) is 53.6 Å². The van der Waals surface area contributed by atoms with Gasteiger partial charge in [0.25, 0.3) is 0 Å². The Kier molecular flexibility index (Phi) is 5.54. The van der Waals surface area contributed by atoms with Crippen molar-refractivity contribution in [3.63, 3.8) is 0 Å². The molecule has 0 aromatic heterocycles. The maximum atomic E-state index is 11.8. The summed E-state index contributed by atoms with van der Waals surface area (Å²) >= 11 is 0. The van der Waals surface area contributed by atoms with E-state index in [1.54, 1.807) is 20.4 Å². The van der Waals surface area contributed by atoms with Crippen LogP contribution in [-0.4, -0.2) is 26.3 Å². The fourth-order valence-electron chi connectivity index (χ4n) is 1.84. The molecule has 0 aliphatic carbocycles. The summed E-state index contributed by atoms with van der Waals surface area (Å²) in [7, 11) is 3.22. The number of carbonyl (C=O) groups excluding carboxylic acids is 1. The van der Waals surface area contributed by atoms with E-state index in [0.717, 1.165) is 22.6 Å².